The average molecular weight is 438 g/mol. The van der Waals surface area contributed by atoms with Gasteiger partial charge in [0.05, 0.1) is 5.69 Å². The molecule has 2 aliphatic heterocycles. The molecule has 168 valence electrons. The number of imidazole rings is 1. The summed E-state index contributed by atoms with van der Waals surface area (Å²) in [6.07, 6.45) is 1.94. The van der Waals surface area contributed by atoms with E-state index in [1.165, 1.54) is 9.13 Å². The first-order valence-corrected chi connectivity index (χ1v) is 11.0. The van der Waals surface area contributed by atoms with Crippen LogP contribution in [0.4, 0.5) is 11.6 Å². The highest BCUT2D eigenvalue weighted by Crippen LogP contribution is 2.25. The number of aryl methyl sites for hydroxylation is 2. The number of piperidine rings is 1. The largest absolute Gasteiger partial charge is 0.474 e. The molecule has 4 heterocycles. The summed E-state index contributed by atoms with van der Waals surface area (Å²) in [5, 5.41) is 0. The van der Waals surface area contributed by atoms with Gasteiger partial charge < -0.3 is 19.9 Å². The Morgan fingerprint density at radius 2 is 2.03 bits per heavy atom. The Balaban J connectivity index is 1.61. The van der Waals surface area contributed by atoms with E-state index in [-0.39, 0.29) is 12.6 Å². The third-order valence-electron chi connectivity index (χ3n) is 6.19. The van der Waals surface area contributed by atoms with Crippen LogP contribution in [0.2, 0.25) is 0 Å². The topological polar surface area (TPSA) is 113 Å². The molecular formula is C22H27N7O3. The first-order valence-electron chi connectivity index (χ1n) is 11.0. The molecule has 2 aromatic heterocycles. The summed E-state index contributed by atoms with van der Waals surface area (Å²) in [7, 11) is 1.64. The number of fused-ring (bicyclic) bond motifs is 2. The van der Waals surface area contributed by atoms with E-state index >= 15 is 0 Å². The van der Waals surface area contributed by atoms with Crippen molar-refractivity contribution < 1.29 is 4.74 Å². The van der Waals surface area contributed by atoms with Crippen molar-refractivity contribution in [2.24, 2.45) is 17.8 Å². The predicted octanol–water partition coefficient (Wildman–Crippen LogP) is 1.10. The van der Waals surface area contributed by atoms with Crippen LogP contribution in [-0.2, 0) is 31.5 Å². The minimum Gasteiger partial charge on any atom is -0.474 e. The van der Waals surface area contributed by atoms with E-state index in [2.05, 4.69) is 9.89 Å². The summed E-state index contributed by atoms with van der Waals surface area (Å²) in [4.78, 5) is 37.9. The zero-order chi connectivity index (χ0) is 22.4. The Morgan fingerprint density at radius 3 is 2.81 bits per heavy atom. The van der Waals surface area contributed by atoms with Gasteiger partial charge in [-0.3, -0.25) is 9.36 Å². The molecule has 10 heteroatoms. The van der Waals surface area contributed by atoms with Crippen molar-refractivity contribution in [1.29, 1.82) is 0 Å². The fourth-order valence-electron chi connectivity index (χ4n) is 4.52. The van der Waals surface area contributed by atoms with Gasteiger partial charge in [0.1, 0.15) is 13.2 Å². The van der Waals surface area contributed by atoms with Crippen molar-refractivity contribution in [2.75, 3.05) is 18.0 Å². The maximum absolute atomic E-state index is 13.5. The van der Waals surface area contributed by atoms with Gasteiger partial charge in [0.2, 0.25) is 11.8 Å². The molecular weight excluding hydrogens is 410 g/mol. The summed E-state index contributed by atoms with van der Waals surface area (Å²) < 4.78 is 10.2. The van der Waals surface area contributed by atoms with Gasteiger partial charge in [-0.15, -0.1) is 0 Å². The first kappa shape index (κ1) is 20.5. The molecule has 1 atom stereocenters. The molecule has 0 aliphatic carbocycles. The number of hydrogen-bond acceptors (Lipinski definition) is 7. The van der Waals surface area contributed by atoms with Gasteiger partial charge in [-0.1, -0.05) is 18.2 Å². The molecule has 10 nitrogen and oxygen atoms in total. The van der Waals surface area contributed by atoms with Gasteiger partial charge in [-0.25, -0.2) is 14.4 Å². The molecule has 1 saturated heterocycles. The zero-order valence-corrected chi connectivity index (χ0v) is 18.3. The van der Waals surface area contributed by atoms with Crippen molar-refractivity contribution in [3.05, 3.63) is 50.7 Å². The van der Waals surface area contributed by atoms with Gasteiger partial charge >= 0.3 is 5.69 Å². The van der Waals surface area contributed by atoms with E-state index in [9.17, 15) is 9.59 Å². The fourth-order valence-corrected chi connectivity index (χ4v) is 4.52. The van der Waals surface area contributed by atoms with Crippen LogP contribution < -0.4 is 21.9 Å². The van der Waals surface area contributed by atoms with E-state index in [0.717, 1.165) is 30.6 Å². The third-order valence-corrected chi connectivity index (χ3v) is 6.19. The molecule has 0 bridgehead atoms. The second-order valence-corrected chi connectivity index (χ2v) is 8.33. The molecule has 2 N–H and O–H groups in total. The van der Waals surface area contributed by atoms with E-state index in [1.807, 2.05) is 35.8 Å². The van der Waals surface area contributed by atoms with E-state index in [0.29, 0.717) is 42.7 Å². The lowest BCUT2D eigenvalue weighted by molar-refractivity contribution is 0.274. The molecule has 32 heavy (non-hydrogen) atoms. The lowest BCUT2D eigenvalue weighted by atomic mass is 10.1. The molecule has 0 radical (unpaired) electrons. The van der Waals surface area contributed by atoms with Crippen LogP contribution in [0.3, 0.4) is 0 Å². The second kappa shape index (κ2) is 7.94. The summed E-state index contributed by atoms with van der Waals surface area (Å²) in [5.74, 6) is 1.02. The Bertz CT molecular complexity index is 1330. The highest BCUT2D eigenvalue weighted by atomic mass is 16.5. The SMILES string of the molecule is CCn1c(N2CCCC(N)C2)nc2c1c(=O)n(CC1=Nc3ccccc3CO1)c(=O)n2C. The number of para-hydroxylation sites is 1. The minimum atomic E-state index is -0.449. The smallest absolute Gasteiger partial charge is 0.332 e. The number of nitrogens with two attached hydrogens (primary N) is 1. The molecule has 0 spiro atoms. The van der Waals surface area contributed by atoms with E-state index in [1.54, 1.807) is 7.05 Å². The summed E-state index contributed by atoms with van der Waals surface area (Å²) >= 11 is 0. The van der Waals surface area contributed by atoms with Crippen LogP contribution in [0, 0.1) is 0 Å². The maximum Gasteiger partial charge on any atom is 0.332 e. The Hall–Kier alpha value is -3.40. The highest BCUT2D eigenvalue weighted by Gasteiger charge is 2.26. The monoisotopic (exact) mass is 437 g/mol. The van der Waals surface area contributed by atoms with Crippen molar-refractivity contribution in [1.82, 2.24) is 18.7 Å². The van der Waals surface area contributed by atoms with Gasteiger partial charge in [-0.2, -0.15) is 4.98 Å². The van der Waals surface area contributed by atoms with E-state index < -0.39 is 11.2 Å². The van der Waals surface area contributed by atoms with Gasteiger partial charge in [0.15, 0.2) is 11.2 Å². The third kappa shape index (κ3) is 3.31. The quantitative estimate of drug-likeness (QED) is 0.654. The Morgan fingerprint density at radius 1 is 1.22 bits per heavy atom. The number of aliphatic imine (C=N–C) groups is 1. The number of hydrogen-bond donors (Lipinski definition) is 1. The van der Waals surface area contributed by atoms with Crippen LogP contribution in [-0.4, -0.2) is 43.7 Å². The second-order valence-electron chi connectivity index (χ2n) is 8.33. The van der Waals surface area contributed by atoms with Gasteiger partial charge in [-0.05, 0) is 25.8 Å². The molecule has 5 rings (SSSR count). The molecule has 3 aromatic rings. The molecule has 1 aromatic carbocycles. The normalized spacial score (nSPS) is 18.4. The number of rotatable bonds is 4. The Labute approximate surface area is 184 Å². The van der Waals surface area contributed by atoms with Crippen molar-refractivity contribution in [3.8, 4) is 0 Å². The molecule has 0 saturated carbocycles. The number of benzene rings is 1. The lowest BCUT2D eigenvalue weighted by Gasteiger charge is -2.31. The van der Waals surface area contributed by atoms with Crippen LogP contribution in [0.15, 0.2) is 38.8 Å². The zero-order valence-electron chi connectivity index (χ0n) is 18.3. The average Bonchev–Trinajstić information content (AvgIpc) is 3.20. The first-order chi connectivity index (χ1) is 15.5. The minimum absolute atomic E-state index is 0.0331. The number of ether oxygens (including phenoxy) is 1. The van der Waals surface area contributed by atoms with Gasteiger partial charge in [0.25, 0.3) is 5.56 Å². The number of anilines is 1. The van der Waals surface area contributed by atoms with Crippen LogP contribution in [0.25, 0.3) is 11.2 Å². The highest BCUT2D eigenvalue weighted by molar-refractivity contribution is 5.82. The number of aromatic nitrogens is 4. The molecule has 1 unspecified atom stereocenters. The number of nitrogens with zero attached hydrogens (tertiary/aromatic N) is 6. The molecule has 2 aliphatic rings. The maximum atomic E-state index is 13.5. The van der Waals surface area contributed by atoms with Crippen molar-refractivity contribution in [2.45, 2.75) is 45.5 Å². The van der Waals surface area contributed by atoms with Crippen LogP contribution >= 0.6 is 0 Å². The standard InChI is InChI=1S/C22H27N7O3/c1-3-28-18-19(25-21(28)27-10-6-8-15(23)11-27)26(2)22(31)29(20(18)30)12-17-24-16-9-5-4-7-14(16)13-32-17/h4-5,7,9,15H,3,6,8,10-13,23H2,1-2H3. The van der Waals surface area contributed by atoms with Crippen molar-refractivity contribution >= 4 is 28.7 Å². The lowest BCUT2D eigenvalue weighted by Crippen LogP contribution is -2.44. The summed E-state index contributed by atoms with van der Waals surface area (Å²) in [6, 6.07) is 7.73. The molecule has 0 amide bonds. The van der Waals surface area contributed by atoms with Crippen LogP contribution in [0.5, 0.6) is 0 Å². The van der Waals surface area contributed by atoms with Crippen LogP contribution in [0.1, 0.15) is 25.3 Å². The Kier molecular flexibility index (Phi) is 5.09. The van der Waals surface area contributed by atoms with E-state index in [4.69, 9.17) is 15.5 Å². The predicted molar refractivity (Wildman–Crippen MR) is 123 cm³/mol. The summed E-state index contributed by atoms with van der Waals surface area (Å²) in [5.41, 5.74) is 7.87. The van der Waals surface area contributed by atoms with Gasteiger partial charge in [0, 0.05) is 38.3 Å². The molecule has 1 fully saturated rings. The summed E-state index contributed by atoms with van der Waals surface area (Å²) in [6.45, 7) is 4.34. The fraction of sp³-hybridized carbons (Fsp3) is 0.455. The van der Waals surface area contributed by atoms with Crippen molar-refractivity contribution in [3.63, 3.8) is 0 Å².